The van der Waals surface area contributed by atoms with Crippen molar-refractivity contribution in [3.63, 3.8) is 0 Å². The lowest BCUT2D eigenvalue weighted by molar-refractivity contribution is -0.116. The van der Waals surface area contributed by atoms with Crippen LogP contribution < -0.4 is 10.9 Å². The van der Waals surface area contributed by atoms with Gasteiger partial charge in [0.2, 0.25) is 5.91 Å². The number of aromatic nitrogens is 3. The summed E-state index contributed by atoms with van der Waals surface area (Å²) in [5.74, 6) is -0.682. The molecular weight excluding hydrogens is 484 g/mol. The summed E-state index contributed by atoms with van der Waals surface area (Å²) in [6, 6.07) is 6.09. The van der Waals surface area contributed by atoms with Gasteiger partial charge in [-0.25, -0.2) is 14.8 Å². The number of hydrogen-bond donors (Lipinski definition) is 1. The fourth-order valence-electron chi connectivity index (χ4n) is 3.65. The Balaban J connectivity index is 1.55. The quantitative estimate of drug-likeness (QED) is 0.353. The van der Waals surface area contributed by atoms with Gasteiger partial charge in [-0.05, 0) is 37.8 Å². The Kier molecular flexibility index (Phi) is 7.13. The molecule has 182 valence electrons. The molecule has 3 aromatic heterocycles. The molecule has 1 aromatic carbocycles. The van der Waals surface area contributed by atoms with Gasteiger partial charge in [-0.15, -0.1) is 11.3 Å². The van der Waals surface area contributed by atoms with Gasteiger partial charge in [-0.1, -0.05) is 48.9 Å². The maximum Gasteiger partial charge on any atom is 0.350 e. The third-order valence-corrected chi connectivity index (χ3v) is 7.26. The first-order valence-electron chi connectivity index (χ1n) is 11.1. The first kappa shape index (κ1) is 24.7. The number of amides is 1. The van der Waals surface area contributed by atoms with Crippen LogP contribution in [0.3, 0.4) is 0 Å². The Morgan fingerprint density at radius 3 is 2.66 bits per heavy atom. The third kappa shape index (κ3) is 5.33. The van der Waals surface area contributed by atoms with Crippen LogP contribution in [-0.4, -0.2) is 33.0 Å². The molecule has 0 saturated carbocycles. The van der Waals surface area contributed by atoms with Gasteiger partial charge in [0.05, 0.1) is 24.0 Å². The molecule has 35 heavy (non-hydrogen) atoms. The molecule has 0 aliphatic rings. The largest absolute Gasteiger partial charge is 0.461 e. The molecule has 0 saturated heterocycles. The van der Waals surface area contributed by atoms with Crippen molar-refractivity contribution in [2.75, 3.05) is 11.9 Å². The molecule has 0 aliphatic heterocycles. The number of thiophene rings is 1. The number of anilines is 1. The van der Waals surface area contributed by atoms with E-state index in [4.69, 9.17) is 4.74 Å². The van der Waals surface area contributed by atoms with E-state index in [1.807, 2.05) is 45.2 Å². The van der Waals surface area contributed by atoms with Gasteiger partial charge in [0.1, 0.15) is 16.3 Å². The molecule has 1 N–H and O–H groups in total. The van der Waals surface area contributed by atoms with Gasteiger partial charge in [0, 0.05) is 10.9 Å². The van der Waals surface area contributed by atoms with Gasteiger partial charge >= 0.3 is 5.97 Å². The molecule has 4 rings (SSSR count). The lowest BCUT2D eigenvalue weighted by Gasteiger charge is -2.08. The third-order valence-electron chi connectivity index (χ3n) is 5.32. The number of rotatable bonds is 7. The molecule has 8 nitrogen and oxygen atoms in total. The SMILES string of the molecule is Cc1ccc(-c2csc3ncn(CC(=O)Nc4nc(C)c(C(=O)OCC(C)C)s4)c(=O)c23)c(C)c1. The summed E-state index contributed by atoms with van der Waals surface area (Å²) in [5, 5.41) is 5.38. The van der Waals surface area contributed by atoms with Crippen molar-refractivity contribution in [3.8, 4) is 11.1 Å². The van der Waals surface area contributed by atoms with Crippen LogP contribution in [0, 0.1) is 26.7 Å². The molecule has 0 unspecified atom stereocenters. The topological polar surface area (TPSA) is 103 Å². The molecule has 0 radical (unpaired) electrons. The van der Waals surface area contributed by atoms with Crippen molar-refractivity contribution in [1.29, 1.82) is 0 Å². The standard InChI is InChI=1S/C25H26N4O4S2/c1-13(2)10-33-24(32)21-16(5)27-25(35-21)28-19(30)9-29-12-26-22-20(23(29)31)18(11-34-22)17-7-6-14(3)8-15(17)4/h6-8,11-13H,9-10H2,1-5H3,(H,27,28,30). The number of aryl methyl sites for hydroxylation is 3. The second kappa shape index (κ2) is 10.1. The van der Waals surface area contributed by atoms with Gasteiger partial charge in [0.25, 0.3) is 5.56 Å². The molecule has 0 atom stereocenters. The number of thiazole rings is 1. The van der Waals surface area contributed by atoms with Crippen LogP contribution in [0.1, 0.15) is 40.3 Å². The highest BCUT2D eigenvalue weighted by molar-refractivity contribution is 7.17. The maximum atomic E-state index is 13.3. The summed E-state index contributed by atoms with van der Waals surface area (Å²) in [6.45, 7) is 9.71. The Morgan fingerprint density at radius 2 is 1.94 bits per heavy atom. The predicted octanol–water partition coefficient (Wildman–Crippen LogP) is 4.96. The van der Waals surface area contributed by atoms with Crippen LogP contribution in [0.4, 0.5) is 5.13 Å². The average Bonchev–Trinajstić information content (AvgIpc) is 3.37. The highest BCUT2D eigenvalue weighted by atomic mass is 32.1. The number of fused-ring (bicyclic) bond motifs is 1. The minimum Gasteiger partial charge on any atom is -0.461 e. The van der Waals surface area contributed by atoms with Crippen molar-refractivity contribution < 1.29 is 14.3 Å². The lowest BCUT2D eigenvalue weighted by atomic mass is 9.99. The normalized spacial score (nSPS) is 11.3. The monoisotopic (exact) mass is 510 g/mol. The number of ether oxygens (including phenoxy) is 1. The van der Waals surface area contributed by atoms with Gasteiger partial charge in [-0.2, -0.15) is 0 Å². The molecule has 0 fully saturated rings. The number of nitrogens with one attached hydrogen (secondary N) is 1. The highest BCUT2D eigenvalue weighted by Crippen LogP contribution is 2.33. The number of nitrogens with zero attached hydrogens (tertiary/aromatic N) is 3. The molecule has 4 aromatic rings. The van der Waals surface area contributed by atoms with Crippen molar-refractivity contribution in [3.05, 3.63) is 62.0 Å². The summed E-state index contributed by atoms with van der Waals surface area (Å²) < 4.78 is 6.55. The molecule has 10 heteroatoms. The van der Waals surface area contributed by atoms with E-state index in [9.17, 15) is 14.4 Å². The zero-order chi connectivity index (χ0) is 25.3. The van der Waals surface area contributed by atoms with Crippen LogP contribution in [-0.2, 0) is 16.1 Å². The van der Waals surface area contributed by atoms with Crippen molar-refractivity contribution in [1.82, 2.24) is 14.5 Å². The molecule has 0 spiro atoms. The van der Waals surface area contributed by atoms with Crippen molar-refractivity contribution >= 4 is 49.9 Å². The maximum absolute atomic E-state index is 13.3. The predicted molar refractivity (Wildman–Crippen MR) is 139 cm³/mol. The van der Waals surface area contributed by atoms with Gasteiger partial charge in [0.15, 0.2) is 5.13 Å². The summed E-state index contributed by atoms with van der Waals surface area (Å²) in [6.07, 6.45) is 1.38. The van der Waals surface area contributed by atoms with Crippen molar-refractivity contribution in [2.45, 2.75) is 41.2 Å². The average molecular weight is 511 g/mol. The minimum absolute atomic E-state index is 0.217. The summed E-state index contributed by atoms with van der Waals surface area (Å²) in [5.41, 5.74) is 4.20. The molecule has 0 bridgehead atoms. The minimum atomic E-state index is -0.462. The summed E-state index contributed by atoms with van der Waals surface area (Å²) >= 11 is 2.45. The number of benzene rings is 1. The van der Waals surface area contributed by atoms with Crippen LogP contribution in [0.5, 0.6) is 0 Å². The second-order valence-corrected chi connectivity index (χ2v) is 10.7. The first-order chi connectivity index (χ1) is 16.6. The van der Waals surface area contributed by atoms with Crippen LogP contribution in [0.25, 0.3) is 21.3 Å². The molecule has 1 amide bonds. The van der Waals surface area contributed by atoms with E-state index in [2.05, 4.69) is 21.4 Å². The first-order valence-corrected chi connectivity index (χ1v) is 12.8. The van der Waals surface area contributed by atoms with E-state index in [1.165, 1.54) is 22.2 Å². The number of carbonyl (C=O) groups is 2. The number of carbonyl (C=O) groups excluding carboxylic acids is 2. The second-order valence-electron chi connectivity index (χ2n) is 8.80. The molecular formula is C25H26N4O4S2. The van der Waals surface area contributed by atoms with Crippen LogP contribution >= 0.6 is 22.7 Å². The highest BCUT2D eigenvalue weighted by Gasteiger charge is 2.20. The van der Waals surface area contributed by atoms with Gasteiger partial charge in [-0.3, -0.25) is 14.2 Å². The fraction of sp³-hybridized carbons (Fsp3) is 0.320. The van der Waals surface area contributed by atoms with Crippen LogP contribution in [0.2, 0.25) is 0 Å². The summed E-state index contributed by atoms with van der Waals surface area (Å²) in [7, 11) is 0. The van der Waals surface area contributed by atoms with E-state index in [0.29, 0.717) is 27.4 Å². The van der Waals surface area contributed by atoms with E-state index in [-0.39, 0.29) is 23.2 Å². The lowest BCUT2D eigenvalue weighted by Crippen LogP contribution is -2.27. The Hall–Kier alpha value is -3.37. The molecule has 0 aliphatic carbocycles. The molecule has 3 heterocycles. The Morgan fingerprint density at radius 1 is 1.17 bits per heavy atom. The Labute approximate surface area is 210 Å². The number of hydrogen-bond acceptors (Lipinski definition) is 8. The number of esters is 1. The smallest absolute Gasteiger partial charge is 0.350 e. The zero-order valence-electron chi connectivity index (χ0n) is 20.2. The zero-order valence-corrected chi connectivity index (χ0v) is 21.8. The van der Waals surface area contributed by atoms with E-state index in [0.717, 1.165) is 33.6 Å². The van der Waals surface area contributed by atoms with Crippen LogP contribution in [0.15, 0.2) is 34.7 Å². The Bertz CT molecular complexity index is 1480. The van der Waals surface area contributed by atoms with Crippen molar-refractivity contribution in [2.24, 2.45) is 5.92 Å². The van der Waals surface area contributed by atoms with Gasteiger partial charge < -0.3 is 10.1 Å². The fourth-order valence-corrected chi connectivity index (χ4v) is 5.43. The van der Waals surface area contributed by atoms with E-state index in [1.54, 1.807) is 6.92 Å². The van der Waals surface area contributed by atoms with E-state index < -0.39 is 11.9 Å². The van der Waals surface area contributed by atoms with E-state index >= 15 is 0 Å². The summed E-state index contributed by atoms with van der Waals surface area (Å²) in [4.78, 5) is 47.9.